The third-order valence-corrected chi connectivity index (χ3v) is 4.88. The second-order valence-corrected chi connectivity index (χ2v) is 6.87. The molecule has 156 valence electrons. The number of carbonyl (C=O) groups is 2. The zero-order valence-electron chi connectivity index (χ0n) is 17.6. The van der Waals surface area contributed by atoms with Gasteiger partial charge in [-0.1, -0.05) is 35.9 Å². The second kappa shape index (κ2) is 9.31. The number of nitrogens with zero attached hydrogens (tertiary/aromatic N) is 1. The van der Waals surface area contributed by atoms with Gasteiger partial charge in [-0.05, 0) is 48.8 Å². The molecule has 0 aliphatic carbocycles. The van der Waals surface area contributed by atoms with E-state index in [1.807, 2.05) is 31.2 Å². The van der Waals surface area contributed by atoms with Crippen molar-refractivity contribution in [3.8, 4) is 17.2 Å². The fraction of sp³-hybridized carbons (Fsp3) is 0.250. The molecule has 0 atom stereocenters. The highest BCUT2D eigenvalue weighted by molar-refractivity contribution is 6.28. The monoisotopic (exact) mass is 407 g/mol. The van der Waals surface area contributed by atoms with Crippen LogP contribution in [0, 0.1) is 6.92 Å². The van der Waals surface area contributed by atoms with Gasteiger partial charge in [0.15, 0.2) is 11.5 Å². The fourth-order valence-electron chi connectivity index (χ4n) is 3.29. The molecule has 1 aliphatic heterocycles. The first-order valence-electron chi connectivity index (χ1n) is 9.59. The van der Waals surface area contributed by atoms with Crippen molar-refractivity contribution in [2.75, 3.05) is 27.9 Å². The number of carbonyl (C=O) groups excluding carboxylic acids is 2. The minimum atomic E-state index is -0.345. The topological polar surface area (TPSA) is 65.1 Å². The van der Waals surface area contributed by atoms with Crippen molar-refractivity contribution in [1.29, 1.82) is 0 Å². The number of methoxy groups -OCH3 is 3. The van der Waals surface area contributed by atoms with Gasteiger partial charge in [-0.3, -0.25) is 14.5 Å². The maximum Gasteiger partial charge on any atom is 0.261 e. The van der Waals surface area contributed by atoms with Crippen molar-refractivity contribution in [1.82, 2.24) is 4.90 Å². The summed E-state index contributed by atoms with van der Waals surface area (Å²) in [5.74, 6) is 0.777. The number of aryl methyl sites for hydroxylation is 1. The van der Waals surface area contributed by atoms with Gasteiger partial charge in [0.2, 0.25) is 5.75 Å². The predicted molar refractivity (Wildman–Crippen MR) is 116 cm³/mol. The molecular weight excluding hydrogens is 382 g/mol. The van der Waals surface area contributed by atoms with Gasteiger partial charge in [0.25, 0.3) is 11.8 Å². The highest BCUT2D eigenvalue weighted by atomic mass is 16.5. The van der Waals surface area contributed by atoms with Crippen LogP contribution in [0.2, 0.25) is 0 Å². The third kappa shape index (κ3) is 4.38. The van der Waals surface area contributed by atoms with Crippen LogP contribution < -0.4 is 14.2 Å². The number of ether oxygens (including phenoxy) is 3. The SMILES string of the molecule is COc1cc(/C=C(/C(=O)N2CCC=CC2=O)c2ccc(C)cc2)cc(OC)c1OC. The van der Waals surface area contributed by atoms with E-state index in [1.54, 1.807) is 24.3 Å². The molecule has 0 saturated carbocycles. The Balaban J connectivity index is 2.13. The van der Waals surface area contributed by atoms with E-state index in [0.29, 0.717) is 41.4 Å². The molecule has 2 aromatic rings. The number of benzene rings is 2. The van der Waals surface area contributed by atoms with Gasteiger partial charge in [-0.15, -0.1) is 0 Å². The first kappa shape index (κ1) is 21.2. The van der Waals surface area contributed by atoms with Crippen LogP contribution in [0.1, 0.15) is 23.1 Å². The first-order valence-corrected chi connectivity index (χ1v) is 9.59. The van der Waals surface area contributed by atoms with Crippen LogP contribution in [0.5, 0.6) is 17.2 Å². The Labute approximate surface area is 176 Å². The maximum atomic E-state index is 13.3. The number of hydrogen-bond donors (Lipinski definition) is 0. The largest absolute Gasteiger partial charge is 0.493 e. The summed E-state index contributed by atoms with van der Waals surface area (Å²) in [4.78, 5) is 26.9. The van der Waals surface area contributed by atoms with Gasteiger partial charge in [0.1, 0.15) is 0 Å². The van der Waals surface area contributed by atoms with Gasteiger partial charge >= 0.3 is 0 Å². The lowest BCUT2D eigenvalue weighted by Gasteiger charge is -2.23. The van der Waals surface area contributed by atoms with E-state index in [9.17, 15) is 9.59 Å². The number of hydrogen-bond acceptors (Lipinski definition) is 5. The van der Waals surface area contributed by atoms with Gasteiger partial charge in [0, 0.05) is 12.1 Å². The van der Waals surface area contributed by atoms with E-state index in [-0.39, 0.29) is 11.8 Å². The minimum absolute atomic E-state index is 0.311. The van der Waals surface area contributed by atoms with Crippen molar-refractivity contribution in [3.63, 3.8) is 0 Å². The molecule has 0 fully saturated rings. The lowest BCUT2D eigenvalue weighted by atomic mass is 9.99. The molecule has 2 amide bonds. The minimum Gasteiger partial charge on any atom is -0.493 e. The summed E-state index contributed by atoms with van der Waals surface area (Å²) < 4.78 is 16.2. The van der Waals surface area contributed by atoms with Crippen LogP contribution in [0.25, 0.3) is 11.6 Å². The normalized spacial score (nSPS) is 13.9. The van der Waals surface area contributed by atoms with Crippen LogP contribution in [0.3, 0.4) is 0 Å². The molecule has 3 rings (SSSR count). The molecule has 1 heterocycles. The van der Waals surface area contributed by atoms with Gasteiger partial charge in [-0.25, -0.2) is 0 Å². The van der Waals surface area contributed by atoms with Crippen molar-refractivity contribution >= 4 is 23.5 Å². The molecule has 0 N–H and O–H groups in total. The molecule has 1 aliphatic rings. The molecule has 0 radical (unpaired) electrons. The van der Waals surface area contributed by atoms with Gasteiger partial charge in [0.05, 0.1) is 21.3 Å². The third-order valence-electron chi connectivity index (χ3n) is 4.88. The fourth-order valence-corrected chi connectivity index (χ4v) is 3.29. The van der Waals surface area contributed by atoms with Crippen LogP contribution in [0.4, 0.5) is 0 Å². The lowest BCUT2D eigenvalue weighted by Crippen LogP contribution is -2.38. The number of rotatable bonds is 6. The highest BCUT2D eigenvalue weighted by Gasteiger charge is 2.25. The van der Waals surface area contributed by atoms with Gasteiger partial charge < -0.3 is 14.2 Å². The summed E-state index contributed by atoms with van der Waals surface area (Å²) in [6.45, 7) is 2.33. The quantitative estimate of drug-likeness (QED) is 0.537. The Morgan fingerprint density at radius 3 is 2.17 bits per heavy atom. The Hall–Kier alpha value is -3.54. The second-order valence-electron chi connectivity index (χ2n) is 6.87. The lowest BCUT2D eigenvalue weighted by molar-refractivity contribution is -0.138. The zero-order valence-corrected chi connectivity index (χ0v) is 17.6. The smallest absolute Gasteiger partial charge is 0.261 e. The standard InChI is InChI=1S/C24H25NO5/c1-16-8-10-18(11-9-16)19(24(27)25-12-6-5-7-22(25)26)13-17-14-20(28-2)23(30-4)21(15-17)29-3/h5,7-11,13-15H,6,12H2,1-4H3/b19-13+. The predicted octanol–water partition coefficient (Wildman–Crippen LogP) is 3.88. The molecule has 0 saturated heterocycles. The van der Waals surface area contributed by atoms with E-state index in [4.69, 9.17) is 14.2 Å². The molecule has 6 nitrogen and oxygen atoms in total. The Morgan fingerprint density at radius 2 is 1.63 bits per heavy atom. The molecule has 2 aromatic carbocycles. The van der Waals surface area contributed by atoms with E-state index in [2.05, 4.69) is 0 Å². The average Bonchev–Trinajstić information content (AvgIpc) is 2.77. The number of imide groups is 1. The summed E-state index contributed by atoms with van der Waals surface area (Å²) in [5, 5.41) is 0. The van der Waals surface area contributed by atoms with Gasteiger partial charge in [-0.2, -0.15) is 0 Å². The van der Waals surface area contributed by atoms with E-state index in [1.165, 1.54) is 32.3 Å². The Bertz CT molecular complexity index is 980. The molecule has 0 spiro atoms. The van der Waals surface area contributed by atoms with Crippen molar-refractivity contribution < 1.29 is 23.8 Å². The van der Waals surface area contributed by atoms with E-state index >= 15 is 0 Å². The Kier molecular flexibility index (Phi) is 6.57. The van der Waals surface area contributed by atoms with Crippen LogP contribution >= 0.6 is 0 Å². The summed E-state index contributed by atoms with van der Waals surface area (Å²) in [5.41, 5.74) is 2.90. The molecule has 30 heavy (non-hydrogen) atoms. The molecular formula is C24H25NO5. The van der Waals surface area contributed by atoms with E-state index < -0.39 is 0 Å². The Morgan fingerprint density at radius 1 is 1.00 bits per heavy atom. The molecule has 0 unspecified atom stereocenters. The van der Waals surface area contributed by atoms with E-state index in [0.717, 1.165) is 11.1 Å². The number of amides is 2. The first-order chi connectivity index (χ1) is 14.5. The van der Waals surface area contributed by atoms with Crippen molar-refractivity contribution in [2.45, 2.75) is 13.3 Å². The van der Waals surface area contributed by atoms with Crippen LogP contribution in [0.15, 0.2) is 48.6 Å². The average molecular weight is 407 g/mol. The zero-order chi connectivity index (χ0) is 21.7. The molecule has 0 aromatic heterocycles. The summed E-state index contributed by atoms with van der Waals surface area (Å²) >= 11 is 0. The highest BCUT2D eigenvalue weighted by Crippen LogP contribution is 2.39. The molecule has 6 heteroatoms. The maximum absolute atomic E-state index is 13.3. The summed E-state index contributed by atoms with van der Waals surface area (Å²) in [6.07, 6.45) is 5.60. The summed E-state index contributed by atoms with van der Waals surface area (Å²) in [7, 11) is 4.61. The van der Waals surface area contributed by atoms with Crippen LogP contribution in [-0.2, 0) is 9.59 Å². The summed E-state index contributed by atoms with van der Waals surface area (Å²) in [6, 6.07) is 11.2. The van der Waals surface area contributed by atoms with Crippen molar-refractivity contribution in [2.24, 2.45) is 0 Å². The van der Waals surface area contributed by atoms with Crippen molar-refractivity contribution in [3.05, 3.63) is 65.2 Å². The molecule has 0 bridgehead atoms. The van der Waals surface area contributed by atoms with Crippen LogP contribution in [-0.4, -0.2) is 44.6 Å².